The van der Waals surface area contributed by atoms with Gasteiger partial charge in [-0.15, -0.1) is 0 Å². The van der Waals surface area contributed by atoms with E-state index >= 15 is 0 Å². The van der Waals surface area contributed by atoms with Gasteiger partial charge in [0.2, 0.25) is 0 Å². The molecule has 1 aliphatic heterocycles. The van der Waals surface area contributed by atoms with Crippen molar-refractivity contribution in [2.75, 3.05) is 5.32 Å². The molecule has 2 nitrogen and oxygen atoms in total. The minimum Gasteiger partial charge on any atom is -0.357 e. The zero-order valence-corrected chi connectivity index (χ0v) is 18.9. The molecular formula is C27H34N2. The van der Waals surface area contributed by atoms with Crippen molar-refractivity contribution in [3.05, 3.63) is 93.8 Å². The number of aryl methyl sites for hydroxylation is 2. The van der Waals surface area contributed by atoms with Crippen molar-refractivity contribution in [1.82, 2.24) is 5.32 Å². The second-order valence-corrected chi connectivity index (χ2v) is 8.62. The van der Waals surface area contributed by atoms with Crippen LogP contribution in [0.15, 0.2) is 66.0 Å². The Labute approximate surface area is 176 Å². The third kappa shape index (κ3) is 4.48. The molecule has 1 aliphatic rings. The van der Waals surface area contributed by atoms with Gasteiger partial charge in [0.15, 0.2) is 0 Å². The second-order valence-electron chi connectivity index (χ2n) is 8.62. The fraction of sp³-hybridized carbons (Fsp3) is 0.333. The highest BCUT2D eigenvalue weighted by atomic mass is 15.0. The van der Waals surface area contributed by atoms with E-state index in [1.165, 1.54) is 33.5 Å². The molecule has 0 aromatic heterocycles. The summed E-state index contributed by atoms with van der Waals surface area (Å²) in [4.78, 5) is 0. The fourth-order valence-electron chi connectivity index (χ4n) is 4.02. The predicted octanol–water partition coefficient (Wildman–Crippen LogP) is 7.39. The van der Waals surface area contributed by atoms with Gasteiger partial charge in [0.25, 0.3) is 0 Å². The van der Waals surface area contributed by atoms with Gasteiger partial charge in [-0.1, -0.05) is 70.2 Å². The van der Waals surface area contributed by atoms with Crippen LogP contribution in [0.25, 0.3) is 5.70 Å². The molecule has 0 amide bonds. The Kier molecular flexibility index (Phi) is 6.32. The molecule has 2 heteroatoms. The minimum atomic E-state index is 0.467. The maximum Gasteiger partial charge on any atom is 0.0577 e. The van der Waals surface area contributed by atoms with Crippen LogP contribution in [0.5, 0.6) is 0 Å². The van der Waals surface area contributed by atoms with Gasteiger partial charge in [-0.25, -0.2) is 0 Å². The maximum absolute atomic E-state index is 3.75. The Hall–Kier alpha value is -2.74. The molecule has 0 aliphatic carbocycles. The van der Waals surface area contributed by atoms with E-state index in [1.54, 1.807) is 0 Å². The Morgan fingerprint density at radius 2 is 1.41 bits per heavy atom. The molecule has 2 aromatic carbocycles. The maximum atomic E-state index is 3.75. The van der Waals surface area contributed by atoms with Crippen molar-refractivity contribution >= 4 is 11.4 Å². The van der Waals surface area contributed by atoms with Gasteiger partial charge in [-0.05, 0) is 67.0 Å². The number of nitrogens with one attached hydrogen (secondary N) is 2. The number of allylic oxidation sites excluding steroid dienone is 4. The van der Waals surface area contributed by atoms with Gasteiger partial charge >= 0.3 is 0 Å². The van der Waals surface area contributed by atoms with E-state index in [0.29, 0.717) is 11.8 Å². The summed E-state index contributed by atoms with van der Waals surface area (Å²) in [7, 11) is 0. The molecule has 2 N–H and O–H groups in total. The van der Waals surface area contributed by atoms with E-state index in [0.717, 1.165) is 17.1 Å². The third-order valence-corrected chi connectivity index (χ3v) is 5.64. The topological polar surface area (TPSA) is 24.1 Å². The highest BCUT2D eigenvalue weighted by Gasteiger charge is 2.16. The molecule has 29 heavy (non-hydrogen) atoms. The Morgan fingerprint density at radius 1 is 0.862 bits per heavy atom. The molecule has 3 rings (SSSR count). The van der Waals surface area contributed by atoms with Crippen molar-refractivity contribution in [2.45, 2.75) is 60.3 Å². The number of benzene rings is 2. The lowest BCUT2D eigenvalue weighted by molar-refractivity contribution is 0.836. The number of hydrogen-bond acceptors (Lipinski definition) is 2. The molecule has 0 fully saturated rings. The van der Waals surface area contributed by atoms with Crippen LogP contribution in [0.1, 0.15) is 74.3 Å². The van der Waals surface area contributed by atoms with E-state index < -0.39 is 0 Å². The largest absolute Gasteiger partial charge is 0.357 e. The summed E-state index contributed by atoms with van der Waals surface area (Å²) in [6.45, 7) is 15.5. The first kappa shape index (κ1) is 21.0. The van der Waals surface area contributed by atoms with Crippen LogP contribution in [0.4, 0.5) is 5.69 Å². The molecular weight excluding hydrogens is 352 g/mol. The number of anilines is 1. The first-order valence-electron chi connectivity index (χ1n) is 10.6. The number of dihydropyridines is 1. The smallest absolute Gasteiger partial charge is 0.0577 e. The Bertz CT molecular complexity index is 941. The monoisotopic (exact) mass is 386 g/mol. The Morgan fingerprint density at radius 3 is 1.97 bits per heavy atom. The lowest BCUT2D eigenvalue weighted by atomic mass is 9.92. The highest BCUT2D eigenvalue weighted by molar-refractivity contribution is 5.74. The van der Waals surface area contributed by atoms with E-state index in [2.05, 4.69) is 114 Å². The van der Waals surface area contributed by atoms with Crippen LogP contribution < -0.4 is 10.6 Å². The first-order valence-corrected chi connectivity index (χ1v) is 10.6. The fourth-order valence-corrected chi connectivity index (χ4v) is 4.02. The summed E-state index contributed by atoms with van der Waals surface area (Å²) in [5, 5.41) is 7.41. The summed E-state index contributed by atoms with van der Waals surface area (Å²) >= 11 is 0. The van der Waals surface area contributed by atoms with Crippen molar-refractivity contribution in [2.24, 2.45) is 0 Å². The molecule has 2 aromatic rings. The van der Waals surface area contributed by atoms with Crippen LogP contribution in [0.2, 0.25) is 0 Å². The van der Waals surface area contributed by atoms with Crippen LogP contribution in [-0.4, -0.2) is 0 Å². The van der Waals surface area contributed by atoms with E-state index in [1.807, 2.05) is 0 Å². The zero-order valence-electron chi connectivity index (χ0n) is 18.9. The van der Waals surface area contributed by atoms with E-state index in [9.17, 15) is 0 Å². The van der Waals surface area contributed by atoms with Gasteiger partial charge < -0.3 is 10.6 Å². The molecule has 0 unspecified atom stereocenters. The van der Waals surface area contributed by atoms with Crippen LogP contribution >= 0.6 is 0 Å². The molecule has 0 atom stereocenters. The molecule has 1 heterocycles. The van der Waals surface area contributed by atoms with E-state index in [-0.39, 0.29) is 0 Å². The first-order chi connectivity index (χ1) is 13.8. The van der Waals surface area contributed by atoms with Crippen LogP contribution in [-0.2, 0) is 0 Å². The zero-order chi connectivity index (χ0) is 21.1. The van der Waals surface area contributed by atoms with Crippen molar-refractivity contribution in [1.29, 1.82) is 0 Å². The van der Waals surface area contributed by atoms with Crippen molar-refractivity contribution < 1.29 is 0 Å². The average Bonchev–Trinajstić information content (AvgIpc) is 2.68. The van der Waals surface area contributed by atoms with Crippen molar-refractivity contribution in [3.8, 4) is 0 Å². The normalized spacial score (nSPS) is 15.4. The van der Waals surface area contributed by atoms with Gasteiger partial charge in [-0.2, -0.15) is 0 Å². The summed E-state index contributed by atoms with van der Waals surface area (Å²) in [5.41, 5.74) is 11.2. The number of hydrogen-bond donors (Lipinski definition) is 2. The molecule has 0 saturated heterocycles. The summed E-state index contributed by atoms with van der Waals surface area (Å²) < 4.78 is 0. The lowest BCUT2D eigenvalue weighted by Gasteiger charge is -2.24. The third-order valence-electron chi connectivity index (χ3n) is 5.64. The van der Waals surface area contributed by atoms with Gasteiger partial charge in [-0.3, -0.25) is 0 Å². The quantitative estimate of drug-likeness (QED) is 0.559. The number of para-hydroxylation sites is 1. The molecule has 0 saturated carbocycles. The van der Waals surface area contributed by atoms with Crippen LogP contribution in [0.3, 0.4) is 0 Å². The Balaban J connectivity index is 1.97. The van der Waals surface area contributed by atoms with Gasteiger partial charge in [0, 0.05) is 22.6 Å². The summed E-state index contributed by atoms with van der Waals surface area (Å²) in [5.74, 6) is 0.933. The van der Waals surface area contributed by atoms with E-state index in [4.69, 9.17) is 0 Å². The average molecular weight is 387 g/mol. The summed E-state index contributed by atoms with van der Waals surface area (Å²) in [6, 6.07) is 13.1. The number of rotatable bonds is 5. The van der Waals surface area contributed by atoms with Crippen molar-refractivity contribution in [3.63, 3.8) is 0 Å². The SMILES string of the molecule is C/C(Nc1c(C(C)C)cccc1C(C)C)=C1/C=CC=C(c2c(C)cccc2C)N1. The molecule has 152 valence electrons. The molecule has 0 bridgehead atoms. The van der Waals surface area contributed by atoms with Crippen LogP contribution in [0, 0.1) is 13.8 Å². The minimum absolute atomic E-state index is 0.467. The predicted molar refractivity (Wildman–Crippen MR) is 127 cm³/mol. The second kappa shape index (κ2) is 8.73. The summed E-state index contributed by atoms with van der Waals surface area (Å²) in [6.07, 6.45) is 6.44. The lowest BCUT2D eigenvalue weighted by Crippen LogP contribution is -2.19. The molecule has 0 radical (unpaired) electrons. The standard InChI is InChI=1S/C27H34N2/c1-17(2)22-13-9-14-23(18(3)4)27(22)28-21(7)24-15-10-16-25(29-24)26-19(5)11-8-12-20(26)6/h8-18,28-29H,1-7H3/b24-21+. The van der Waals surface area contributed by atoms with Gasteiger partial charge in [0.05, 0.1) is 5.70 Å². The highest BCUT2D eigenvalue weighted by Crippen LogP contribution is 2.34. The van der Waals surface area contributed by atoms with Gasteiger partial charge in [0.1, 0.15) is 0 Å². The molecule has 0 spiro atoms.